The summed E-state index contributed by atoms with van der Waals surface area (Å²) in [4.78, 5) is 13.7. The number of carbonyl (C=O) groups excluding carboxylic acids is 1. The van der Waals surface area contributed by atoms with Gasteiger partial charge in [0.05, 0.1) is 7.11 Å². The summed E-state index contributed by atoms with van der Waals surface area (Å²) in [5.41, 5.74) is 3.81. The van der Waals surface area contributed by atoms with Gasteiger partial charge in [0.2, 0.25) is 0 Å². The highest BCUT2D eigenvalue weighted by Gasteiger charge is 2.14. The average molecular weight is 322 g/mol. The Balaban J connectivity index is 2.18. The highest BCUT2D eigenvalue weighted by Crippen LogP contribution is 2.31. The molecule has 0 radical (unpaired) electrons. The Bertz CT molecular complexity index is 865. The maximum Gasteiger partial charge on any atom is 0.150 e. The van der Waals surface area contributed by atoms with Gasteiger partial charge in [-0.05, 0) is 44.4 Å². The van der Waals surface area contributed by atoms with E-state index < -0.39 is 0 Å². The number of aromatic nitrogens is 1. The Morgan fingerprint density at radius 2 is 1.92 bits per heavy atom. The largest absolute Gasteiger partial charge is 0.497 e. The normalized spacial score (nSPS) is 11.2. The van der Waals surface area contributed by atoms with Crippen molar-refractivity contribution in [2.24, 2.45) is 0 Å². The van der Waals surface area contributed by atoms with E-state index in [9.17, 15) is 4.79 Å². The second-order valence-corrected chi connectivity index (χ2v) is 6.11. The number of carbonyl (C=O) groups is 1. The molecule has 0 aliphatic heterocycles. The van der Waals surface area contributed by atoms with Crippen molar-refractivity contribution in [3.8, 4) is 17.0 Å². The zero-order valence-electron chi connectivity index (χ0n) is 14.3. The molecule has 0 saturated carbocycles. The first-order valence-corrected chi connectivity index (χ1v) is 8.00. The number of rotatable bonds is 6. The molecule has 2 aromatic carbocycles. The third-order valence-corrected chi connectivity index (χ3v) is 4.24. The number of fused-ring (bicyclic) bond motifs is 1. The van der Waals surface area contributed by atoms with Crippen molar-refractivity contribution in [1.82, 2.24) is 9.47 Å². The molecule has 4 heteroatoms. The topological polar surface area (TPSA) is 34.5 Å². The van der Waals surface area contributed by atoms with Crippen LogP contribution in [-0.4, -0.2) is 43.5 Å². The standard InChI is InChI=1S/C20H22N2O2/c1-21(2)10-11-22-19-7-5-4-6-15(19)13-20(22)18-9-8-17(24-3)12-16(18)14-23/h4-9,12-14H,10-11H2,1-3H3. The number of likely N-dealkylation sites (N-methyl/N-ethyl adjacent to an activating group) is 1. The number of hydrogen-bond donors (Lipinski definition) is 0. The predicted molar refractivity (Wildman–Crippen MR) is 97.9 cm³/mol. The fourth-order valence-corrected chi connectivity index (χ4v) is 2.97. The number of para-hydroxylation sites is 1. The summed E-state index contributed by atoms with van der Waals surface area (Å²) in [6.07, 6.45) is 0.895. The van der Waals surface area contributed by atoms with Gasteiger partial charge in [-0.1, -0.05) is 18.2 Å². The van der Waals surface area contributed by atoms with Gasteiger partial charge in [0.25, 0.3) is 0 Å². The third-order valence-electron chi connectivity index (χ3n) is 4.24. The van der Waals surface area contributed by atoms with Crippen LogP contribution in [0, 0.1) is 0 Å². The third kappa shape index (κ3) is 3.05. The molecule has 0 atom stereocenters. The molecule has 1 heterocycles. The lowest BCUT2D eigenvalue weighted by molar-refractivity contribution is 0.112. The fraction of sp³-hybridized carbons (Fsp3) is 0.250. The summed E-state index contributed by atoms with van der Waals surface area (Å²) >= 11 is 0. The molecule has 0 unspecified atom stereocenters. The molecule has 124 valence electrons. The molecule has 0 bridgehead atoms. The van der Waals surface area contributed by atoms with E-state index in [1.165, 1.54) is 10.9 Å². The zero-order valence-corrected chi connectivity index (χ0v) is 14.3. The Hall–Kier alpha value is -2.59. The quantitative estimate of drug-likeness (QED) is 0.649. The van der Waals surface area contributed by atoms with Crippen LogP contribution in [0.4, 0.5) is 0 Å². The molecule has 3 aromatic rings. The van der Waals surface area contributed by atoms with Gasteiger partial charge in [0.15, 0.2) is 6.29 Å². The molecule has 3 rings (SSSR count). The van der Waals surface area contributed by atoms with Crippen LogP contribution in [0.15, 0.2) is 48.5 Å². The summed E-state index contributed by atoms with van der Waals surface area (Å²) in [6, 6.07) is 16.1. The van der Waals surface area contributed by atoms with Crippen LogP contribution >= 0.6 is 0 Å². The van der Waals surface area contributed by atoms with E-state index in [1.54, 1.807) is 13.2 Å². The average Bonchev–Trinajstić information content (AvgIpc) is 2.97. The SMILES string of the molecule is COc1ccc(-c2cc3ccccc3n2CCN(C)C)c(C=O)c1. The fourth-order valence-electron chi connectivity index (χ4n) is 2.97. The van der Waals surface area contributed by atoms with E-state index in [2.05, 4.69) is 41.8 Å². The van der Waals surface area contributed by atoms with Crippen molar-refractivity contribution in [2.75, 3.05) is 27.7 Å². The van der Waals surface area contributed by atoms with Crippen LogP contribution in [0.1, 0.15) is 10.4 Å². The van der Waals surface area contributed by atoms with E-state index in [0.717, 1.165) is 30.6 Å². The van der Waals surface area contributed by atoms with Crippen LogP contribution in [0.3, 0.4) is 0 Å². The molecule has 0 aliphatic carbocycles. The van der Waals surface area contributed by atoms with Crippen molar-refractivity contribution in [3.05, 3.63) is 54.1 Å². The van der Waals surface area contributed by atoms with Crippen molar-refractivity contribution in [2.45, 2.75) is 6.54 Å². The first-order valence-electron chi connectivity index (χ1n) is 8.00. The maximum absolute atomic E-state index is 11.6. The van der Waals surface area contributed by atoms with Gasteiger partial charge in [0.1, 0.15) is 5.75 Å². The Morgan fingerprint density at radius 3 is 2.62 bits per heavy atom. The first kappa shape index (κ1) is 16.3. The number of methoxy groups -OCH3 is 1. The second-order valence-electron chi connectivity index (χ2n) is 6.11. The summed E-state index contributed by atoms with van der Waals surface area (Å²) < 4.78 is 7.53. The number of benzene rings is 2. The Labute approximate surface area is 142 Å². The van der Waals surface area contributed by atoms with Crippen molar-refractivity contribution >= 4 is 17.2 Å². The highest BCUT2D eigenvalue weighted by atomic mass is 16.5. The second kappa shape index (κ2) is 6.89. The smallest absolute Gasteiger partial charge is 0.150 e. The molecule has 24 heavy (non-hydrogen) atoms. The van der Waals surface area contributed by atoms with Gasteiger partial charge in [-0.25, -0.2) is 0 Å². The van der Waals surface area contributed by atoms with E-state index in [1.807, 2.05) is 24.3 Å². The minimum Gasteiger partial charge on any atom is -0.497 e. The van der Waals surface area contributed by atoms with Gasteiger partial charge >= 0.3 is 0 Å². The summed E-state index contributed by atoms with van der Waals surface area (Å²) in [5, 5.41) is 1.18. The van der Waals surface area contributed by atoms with Crippen LogP contribution in [0.5, 0.6) is 5.75 Å². The highest BCUT2D eigenvalue weighted by molar-refractivity contribution is 5.93. The van der Waals surface area contributed by atoms with Crippen molar-refractivity contribution < 1.29 is 9.53 Å². The van der Waals surface area contributed by atoms with Crippen LogP contribution in [0.2, 0.25) is 0 Å². The van der Waals surface area contributed by atoms with Gasteiger partial charge in [-0.3, -0.25) is 4.79 Å². The van der Waals surface area contributed by atoms with E-state index in [4.69, 9.17) is 4.74 Å². The van der Waals surface area contributed by atoms with E-state index in [0.29, 0.717) is 11.3 Å². The number of nitrogens with zero attached hydrogens (tertiary/aromatic N) is 2. The van der Waals surface area contributed by atoms with Crippen LogP contribution in [0.25, 0.3) is 22.2 Å². The maximum atomic E-state index is 11.6. The van der Waals surface area contributed by atoms with Gasteiger partial charge in [-0.2, -0.15) is 0 Å². The molecule has 0 aliphatic rings. The molecule has 4 nitrogen and oxygen atoms in total. The summed E-state index contributed by atoms with van der Waals surface area (Å²) in [6.45, 7) is 1.79. The molecule has 1 aromatic heterocycles. The van der Waals surface area contributed by atoms with E-state index >= 15 is 0 Å². The number of ether oxygens (including phenoxy) is 1. The number of hydrogen-bond acceptors (Lipinski definition) is 3. The molecule has 0 N–H and O–H groups in total. The Morgan fingerprint density at radius 1 is 1.12 bits per heavy atom. The van der Waals surface area contributed by atoms with Gasteiger partial charge < -0.3 is 14.2 Å². The lowest BCUT2D eigenvalue weighted by atomic mass is 10.0. The van der Waals surface area contributed by atoms with Crippen LogP contribution < -0.4 is 4.74 Å². The van der Waals surface area contributed by atoms with Crippen molar-refractivity contribution in [3.63, 3.8) is 0 Å². The number of aldehydes is 1. The lowest BCUT2D eigenvalue weighted by Crippen LogP contribution is -2.18. The molecule has 0 amide bonds. The van der Waals surface area contributed by atoms with Gasteiger partial charge in [0, 0.05) is 40.8 Å². The lowest BCUT2D eigenvalue weighted by Gasteiger charge is -2.16. The molecule has 0 saturated heterocycles. The van der Waals surface area contributed by atoms with Crippen molar-refractivity contribution in [1.29, 1.82) is 0 Å². The molecule has 0 spiro atoms. The minimum atomic E-state index is 0.642. The summed E-state index contributed by atoms with van der Waals surface area (Å²) in [5.74, 6) is 0.691. The Kier molecular flexibility index (Phi) is 4.67. The zero-order chi connectivity index (χ0) is 17.1. The minimum absolute atomic E-state index is 0.642. The molecular weight excluding hydrogens is 300 g/mol. The van der Waals surface area contributed by atoms with E-state index in [-0.39, 0.29) is 0 Å². The molecule has 0 fully saturated rings. The summed E-state index contributed by atoms with van der Waals surface area (Å²) in [7, 11) is 5.74. The van der Waals surface area contributed by atoms with Crippen LogP contribution in [-0.2, 0) is 6.54 Å². The van der Waals surface area contributed by atoms with Gasteiger partial charge in [-0.15, -0.1) is 0 Å². The first-order chi connectivity index (χ1) is 11.6. The predicted octanol–water partition coefficient (Wildman–Crippen LogP) is 3.69. The molecular formula is C20H22N2O2. The monoisotopic (exact) mass is 322 g/mol.